The standard InChI is InChI=1S/C15H22N2S/c1-5-7-9-12(3)18-15(6-2)17-14-10-8-11-16-13(14)4/h8-11H,5-7H2,1-4H3/b12-9-,17-15+. The van der Waals surface area contributed by atoms with Gasteiger partial charge < -0.3 is 0 Å². The molecule has 0 N–H and O–H groups in total. The lowest BCUT2D eigenvalue weighted by molar-refractivity contribution is 0.955. The third kappa shape index (κ3) is 5.05. The first-order valence-corrected chi connectivity index (χ1v) is 7.32. The van der Waals surface area contributed by atoms with Crippen molar-refractivity contribution in [2.45, 2.75) is 47.0 Å². The summed E-state index contributed by atoms with van der Waals surface area (Å²) in [5.74, 6) is 0. The van der Waals surface area contributed by atoms with E-state index in [1.807, 2.05) is 19.1 Å². The summed E-state index contributed by atoms with van der Waals surface area (Å²) in [6.07, 6.45) is 7.38. The molecule has 0 unspecified atom stereocenters. The van der Waals surface area contributed by atoms with Crippen LogP contribution < -0.4 is 0 Å². The molecule has 0 aliphatic heterocycles. The Kier molecular flexibility index (Phi) is 6.73. The predicted octanol–water partition coefficient (Wildman–Crippen LogP) is 5.27. The maximum Gasteiger partial charge on any atom is 0.0851 e. The van der Waals surface area contributed by atoms with Crippen molar-refractivity contribution in [3.8, 4) is 0 Å². The molecule has 0 aliphatic rings. The fraction of sp³-hybridized carbons (Fsp3) is 0.467. The van der Waals surface area contributed by atoms with Crippen molar-refractivity contribution in [2.75, 3.05) is 0 Å². The van der Waals surface area contributed by atoms with Crippen molar-refractivity contribution in [3.05, 3.63) is 35.0 Å². The monoisotopic (exact) mass is 262 g/mol. The highest BCUT2D eigenvalue weighted by molar-refractivity contribution is 8.17. The van der Waals surface area contributed by atoms with Crippen LogP contribution in [-0.4, -0.2) is 10.0 Å². The van der Waals surface area contributed by atoms with Crippen molar-refractivity contribution in [1.82, 2.24) is 4.98 Å². The van der Waals surface area contributed by atoms with E-state index in [1.165, 1.54) is 11.3 Å². The van der Waals surface area contributed by atoms with Crippen LogP contribution in [0.4, 0.5) is 5.69 Å². The molecule has 0 saturated carbocycles. The van der Waals surface area contributed by atoms with E-state index in [9.17, 15) is 0 Å². The van der Waals surface area contributed by atoms with Crippen molar-refractivity contribution < 1.29 is 0 Å². The Labute approximate surface area is 115 Å². The maximum absolute atomic E-state index is 4.70. The van der Waals surface area contributed by atoms with Gasteiger partial charge in [0.25, 0.3) is 0 Å². The van der Waals surface area contributed by atoms with E-state index < -0.39 is 0 Å². The van der Waals surface area contributed by atoms with Gasteiger partial charge in [0, 0.05) is 6.20 Å². The second kappa shape index (κ2) is 8.09. The third-order valence-corrected chi connectivity index (χ3v) is 3.63. The van der Waals surface area contributed by atoms with Crippen molar-refractivity contribution in [3.63, 3.8) is 0 Å². The van der Waals surface area contributed by atoms with Gasteiger partial charge in [-0.3, -0.25) is 4.98 Å². The molecule has 1 aromatic heterocycles. The lowest BCUT2D eigenvalue weighted by Gasteiger charge is -2.05. The number of hydrogen-bond donors (Lipinski definition) is 0. The molecule has 0 bridgehead atoms. The topological polar surface area (TPSA) is 25.2 Å². The lowest BCUT2D eigenvalue weighted by Crippen LogP contribution is -1.90. The summed E-state index contributed by atoms with van der Waals surface area (Å²) in [5, 5.41) is 1.15. The molecule has 1 aromatic rings. The number of unbranched alkanes of at least 4 members (excludes halogenated alkanes) is 1. The molecule has 0 fully saturated rings. The fourth-order valence-electron chi connectivity index (χ4n) is 1.48. The normalized spacial score (nSPS) is 12.9. The summed E-state index contributed by atoms with van der Waals surface area (Å²) in [6.45, 7) is 8.49. The second-order valence-corrected chi connectivity index (χ2v) is 5.49. The van der Waals surface area contributed by atoms with Crippen LogP contribution >= 0.6 is 11.8 Å². The average Bonchev–Trinajstić information content (AvgIpc) is 2.38. The molecule has 0 aliphatic carbocycles. The van der Waals surface area contributed by atoms with Crippen molar-refractivity contribution in [1.29, 1.82) is 0 Å². The van der Waals surface area contributed by atoms with Crippen molar-refractivity contribution in [2.24, 2.45) is 4.99 Å². The van der Waals surface area contributed by atoms with Crippen LogP contribution in [0.3, 0.4) is 0 Å². The molecule has 0 amide bonds. The summed E-state index contributed by atoms with van der Waals surface area (Å²) in [5.41, 5.74) is 1.96. The molecule has 3 heteroatoms. The number of nitrogens with zero attached hydrogens (tertiary/aromatic N) is 2. The molecule has 1 heterocycles. The minimum atomic E-state index is 0.955. The molecule has 18 heavy (non-hydrogen) atoms. The number of aromatic nitrogens is 1. The first-order valence-electron chi connectivity index (χ1n) is 6.51. The summed E-state index contributed by atoms with van der Waals surface area (Å²) < 4.78 is 0. The van der Waals surface area contributed by atoms with Gasteiger partial charge in [-0.2, -0.15) is 0 Å². The predicted molar refractivity (Wildman–Crippen MR) is 82.6 cm³/mol. The largest absolute Gasteiger partial charge is 0.259 e. The van der Waals surface area contributed by atoms with Crippen LogP contribution in [0.15, 0.2) is 34.3 Å². The Hall–Kier alpha value is -1.09. The number of aliphatic imine (C=N–C) groups is 1. The zero-order valence-electron chi connectivity index (χ0n) is 11.7. The van der Waals surface area contributed by atoms with Gasteiger partial charge in [-0.25, -0.2) is 4.99 Å². The minimum Gasteiger partial charge on any atom is -0.259 e. The number of aryl methyl sites for hydroxylation is 1. The zero-order valence-corrected chi connectivity index (χ0v) is 12.5. The van der Waals surface area contributed by atoms with Gasteiger partial charge in [-0.1, -0.05) is 38.1 Å². The molecule has 0 spiro atoms. The first kappa shape index (κ1) is 15.0. The van der Waals surface area contributed by atoms with E-state index in [0.29, 0.717) is 0 Å². The van der Waals surface area contributed by atoms with Gasteiger partial charge >= 0.3 is 0 Å². The van der Waals surface area contributed by atoms with Crippen LogP contribution in [0.2, 0.25) is 0 Å². The molecule has 0 atom stereocenters. The van der Waals surface area contributed by atoms with Gasteiger partial charge in [0.1, 0.15) is 0 Å². The van der Waals surface area contributed by atoms with E-state index in [4.69, 9.17) is 4.99 Å². The van der Waals surface area contributed by atoms with Gasteiger partial charge in [-0.15, -0.1) is 0 Å². The van der Waals surface area contributed by atoms with Crippen LogP contribution in [0.5, 0.6) is 0 Å². The van der Waals surface area contributed by atoms with E-state index in [0.717, 1.165) is 29.3 Å². The van der Waals surface area contributed by atoms with Gasteiger partial charge in [0.15, 0.2) is 0 Å². The molecular formula is C15H22N2S. The Balaban J connectivity index is 2.81. The van der Waals surface area contributed by atoms with Gasteiger partial charge in [0.2, 0.25) is 0 Å². The minimum absolute atomic E-state index is 0.955. The van der Waals surface area contributed by atoms with E-state index in [1.54, 1.807) is 18.0 Å². The number of hydrogen-bond acceptors (Lipinski definition) is 3. The number of rotatable bonds is 5. The molecule has 98 valence electrons. The quantitative estimate of drug-likeness (QED) is 0.533. The molecule has 0 radical (unpaired) electrons. The molecule has 0 saturated heterocycles. The summed E-state index contributed by atoms with van der Waals surface area (Å²) in [7, 11) is 0. The Bertz CT molecular complexity index is 436. The SMILES string of the molecule is CCC/C=C(/C)S/C(CC)=N/c1cccnc1C. The molecular weight excluding hydrogens is 240 g/mol. The van der Waals surface area contributed by atoms with Gasteiger partial charge in [-0.05, 0) is 43.7 Å². The zero-order chi connectivity index (χ0) is 13.4. The van der Waals surface area contributed by atoms with Crippen LogP contribution in [0.25, 0.3) is 0 Å². The average molecular weight is 262 g/mol. The number of pyridine rings is 1. The summed E-state index contributed by atoms with van der Waals surface area (Å²) in [4.78, 5) is 10.3. The highest BCUT2D eigenvalue weighted by Crippen LogP contribution is 2.24. The van der Waals surface area contributed by atoms with E-state index in [-0.39, 0.29) is 0 Å². The highest BCUT2D eigenvalue weighted by Gasteiger charge is 2.02. The highest BCUT2D eigenvalue weighted by atomic mass is 32.2. The Morgan fingerprint density at radius 2 is 2.22 bits per heavy atom. The van der Waals surface area contributed by atoms with Gasteiger partial charge in [0.05, 0.1) is 16.4 Å². The number of thioether (sulfide) groups is 1. The van der Waals surface area contributed by atoms with Crippen LogP contribution in [0.1, 0.15) is 45.7 Å². The Morgan fingerprint density at radius 1 is 1.44 bits per heavy atom. The maximum atomic E-state index is 4.70. The molecule has 0 aromatic carbocycles. The summed E-state index contributed by atoms with van der Waals surface area (Å²) in [6, 6.07) is 3.95. The Morgan fingerprint density at radius 3 is 2.83 bits per heavy atom. The van der Waals surface area contributed by atoms with Crippen LogP contribution in [-0.2, 0) is 0 Å². The van der Waals surface area contributed by atoms with Crippen LogP contribution in [0, 0.1) is 6.92 Å². The van der Waals surface area contributed by atoms with E-state index in [2.05, 4.69) is 31.8 Å². The first-order chi connectivity index (χ1) is 8.67. The van der Waals surface area contributed by atoms with Crippen molar-refractivity contribution >= 4 is 22.5 Å². The lowest BCUT2D eigenvalue weighted by atomic mass is 10.3. The smallest absolute Gasteiger partial charge is 0.0851 e. The van der Waals surface area contributed by atoms with E-state index >= 15 is 0 Å². The fourth-order valence-corrected chi connectivity index (χ4v) is 2.34. The summed E-state index contributed by atoms with van der Waals surface area (Å²) >= 11 is 1.77. The molecule has 1 rings (SSSR count). The second-order valence-electron chi connectivity index (χ2n) is 4.17. The third-order valence-electron chi connectivity index (χ3n) is 2.53. The molecule has 2 nitrogen and oxygen atoms in total. The number of allylic oxidation sites excluding steroid dienone is 2.